The Bertz CT molecular complexity index is 447. The second-order valence-corrected chi connectivity index (χ2v) is 14.7. The van der Waals surface area contributed by atoms with E-state index < -0.39 is 0 Å². The van der Waals surface area contributed by atoms with Gasteiger partial charge in [0.2, 0.25) is 0 Å². The molecule has 0 saturated heterocycles. The van der Waals surface area contributed by atoms with Crippen molar-refractivity contribution in [1.82, 2.24) is 0 Å². The fourth-order valence-corrected chi connectivity index (χ4v) is 1.69. The van der Waals surface area contributed by atoms with Crippen LogP contribution in [0.4, 0.5) is 0 Å². The van der Waals surface area contributed by atoms with Crippen molar-refractivity contribution in [2.45, 2.75) is 53.6 Å². The molecule has 2 aromatic carbocycles. The first-order valence-electron chi connectivity index (χ1n) is 7.35. The molecule has 0 aromatic heterocycles. The Morgan fingerprint density at radius 3 is 1.25 bits per heavy atom. The predicted molar refractivity (Wildman–Crippen MR) is 89.8 cm³/mol. The normalized spacial score (nSPS) is 9.20. The van der Waals surface area contributed by atoms with Gasteiger partial charge in [0.05, 0.1) is 0 Å². The number of rotatable bonds is 2. The van der Waals surface area contributed by atoms with E-state index in [1.54, 1.807) is 23.3 Å². The van der Waals surface area contributed by atoms with Crippen LogP contribution in [0.2, 0.25) is 13.1 Å². The van der Waals surface area contributed by atoms with Crippen molar-refractivity contribution in [3.63, 3.8) is 0 Å². The third-order valence-corrected chi connectivity index (χ3v) is 2.76. The molecule has 20 heavy (non-hydrogen) atoms. The van der Waals surface area contributed by atoms with Crippen molar-refractivity contribution in [3.05, 3.63) is 58.7 Å². The number of hydrogen-bond acceptors (Lipinski definition) is 0. The molecule has 0 atom stereocenters. The van der Waals surface area contributed by atoms with Crippen LogP contribution in [0.25, 0.3) is 0 Å². The van der Waals surface area contributed by atoms with E-state index in [0.29, 0.717) is 0 Å². The van der Waals surface area contributed by atoms with Gasteiger partial charge >= 0.3 is 41.9 Å². The fraction of sp³-hybridized carbons (Fsp3) is 0.444. The molecule has 0 amide bonds. The molecule has 0 heterocycles. The summed E-state index contributed by atoms with van der Waals surface area (Å²) >= 11 is 1.74. The molecule has 2 rings (SSSR count). The Morgan fingerprint density at radius 2 is 1.15 bits per heavy atom. The van der Waals surface area contributed by atoms with Gasteiger partial charge in [0.1, 0.15) is 0 Å². The maximum atomic E-state index is 2.31. The van der Waals surface area contributed by atoms with E-state index in [9.17, 15) is 0 Å². The van der Waals surface area contributed by atoms with Crippen molar-refractivity contribution < 1.29 is 23.3 Å². The Morgan fingerprint density at radius 1 is 0.850 bits per heavy atom. The molecule has 0 nitrogen and oxygen atoms in total. The average Bonchev–Trinajstić information content (AvgIpc) is 2.97. The molecule has 0 fully saturated rings. The Kier molecular flexibility index (Phi) is 11.3. The second kappa shape index (κ2) is 11.5. The molecular weight excluding hydrogens is 336 g/mol. The molecule has 0 aliphatic heterocycles. The van der Waals surface area contributed by atoms with E-state index in [1.807, 2.05) is 0 Å². The van der Waals surface area contributed by atoms with Crippen LogP contribution in [0, 0.1) is 13.8 Å². The van der Waals surface area contributed by atoms with Gasteiger partial charge in [-0.2, -0.15) is 34.4 Å². The van der Waals surface area contributed by atoms with Crippen LogP contribution in [-0.2, 0) is 36.2 Å². The molecule has 0 saturated carbocycles. The molecule has 108 valence electrons. The third kappa shape index (κ3) is 10.6. The Labute approximate surface area is 140 Å². The summed E-state index contributed by atoms with van der Waals surface area (Å²) < 4.78 is 0. The van der Waals surface area contributed by atoms with Crippen molar-refractivity contribution in [2.24, 2.45) is 0 Å². The van der Waals surface area contributed by atoms with E-state index >= 15 is 0 Å². The van der Waals surface area contributed by atoms with Gasteiger partial charge in [0.25, 0.3) is 0 Å². The van der Waals surface area contributed by atoms with E-state index in [-0.39, 0.29) is 5.43 Å². The molecule has 0 bridgehead atoms. The van der Waals surface area contributed by atoms with Gasteiger partial charge in [-0.1, -0.05) is 40.5 Å². The van der Waals surface area contributed by atoms with Gasteiger partial charge in [-0.25, -0.2) is 24.3 Å². The molecule has 0 spiro atoms. The van der Waals surface area contributed by atoms with Crippen LogP contribution < -0.4 is 0 Å². The summed E-state index contributed by atoms with van der Waals surface area (Å²) in [5.74, 6) is 0. The van der Waals surface area contributed by atoms with E-state index in [0.717, 1.165) is 12.8 Å². The summed E-state index contributed by atoms with van der Waals surface area (Å²) in [7, 11) is 0. The zero-order valence-corrected chi connectivity index (χ0v) is 17.3. The minimum absolute atomic E-state index is 0.210. The van der Waals surface area contributed by atoms with Gasteiger partial charge < -0.3 is 0 Å². The zero-order valence-electron chi connectivity index (χ0n) is 13.9. The molecule has 0 N–H and O–H groups in total. The molecule has 0 aliphatic carbocycles. The number of aryl methyl sites for hydroxylation is 4. The van der Waals surface area contributed by atoms with Crippen LogP contribution in [0.1, 0.15) is 36.1 Å². The van der Waals surface area contributed by atoms with E-state index in [4.69, 9.17) is 0 Å². The van der Waals surface area contributed by atoms with Gasteiger partial charge in [0.15, 0.2) is 0 Å². The number of hydrogen-bond donors (Lipinski definition) is 0. The molecule has 0 aliphatic rings. The maximum absolute atomic E-state index is 2.31. The Balaban J connectivity index is 0.000000289. The van der Waals surface area contributed by atoms with Crippen LogP contribution in [0.15, 0.2) is 36.4 Å². The van der Waals surface area contributed by atoms with Crippen LogP contribution in [0.5, 0.6) is 0 Å². The summed E-state index contributed by atoms with van der Waals surface area (Å²) in [4.78, 5) is 0. The van der Waals surface area contributed by atoms with Crippen molar-refractivity contribution in [1.29, 1.82) is 0 Å². The molecule has 0 radical (unpaired) electrons. The minimum atomic E-state index is 0.210. The molecule has 2 heteroatoms. The first-order valence-corrected chi connectivity index (χ1v) is 13.5. The van der Waals surface area contributed by atoms with E-state index in [1.165, 1.54) is 22.3 Å². The van der Waals surface area contributed by atoms with Crippen LogP contribution in [-0.4, -0.2) is 5.43 Å². The van der Waals surface area contributed by atoms with Gasteiger partial charge in [-0.15, -0.1) is 0 Å². The third-order valence-electron chi connectivity index (χ3n) is 2.76. The topological polar surface area (TPSA) is 0 Å². The first kappa shape index (κ1) is 19.8. The standard InChI is InChI=1S/2C8H11.C2H6Si.Zr/c2*1-3-8-5-4-7(2)6-8;1-3-2;/h2*4-6H,3H2,1-2H3;1-2H3;/q2*-1;;+2. The molecular formula is C18H28SiZr. The predicted octanol–water partition coefficient (Wildman–Crippen LogP) is 5.34. The van der Waals surface area contributed by atoms with E-state index in [2.05, 4.69) is 77.2 Å². The summed E-state index contributed by atoms with van der Waals surface area (Å²) in [5.41, 5.74) is 5.86. The van der Waals surface area contributed by atoms with Gasteiger partial charge in [-0.05, 0) is 0 Å². The SMILES string of the molecule is CCc1ccc(C)[cH-]1.CCc1ccc(C)[cH-]1.C[Si](C)=[Zr+2]. The van der Waals surface area contributed by atoms with Crippen LogP contribution in [0.3, 0.4) is 0 Å². The van der Waals surface area contributed by atoms with Crippen molar-refractivity contribution in [2.75, 3.05) is 0 Å². The summed E-state index contributed by atoms with van der Waals surface area (Å²) in [6.07, 6.45) is 2.32. The molecule has 2 aromatic rings. The summed E-state index contributed by atoms with van der Waals surface area (Å²) in [5, 5.41) is 0. The fourth-order valence-electron chi connectivity index (χ4n) is 1.69. The van der Waals surface area contributed by atoms with Gasteiger partial charge in [0, 0.05) is 0 Å². The average molecular weight is 364 g/mol. The Hall–Kier alpha value is -0.200. The summed E-state index contributed by atoms with van der Waals surface area (Å²) in [6.45, 7) is 13.2. The first-order chi connectivity index (χ1) is 9.38. The van der Waals surface area contributed by atoms with Crippen LogP contribution >= 0.6 is 0 Å². The zero-order chi connectivity index (χ0) is 15.5. The van der Waals surface area contributed by atoms with Crippen molar-refractivity contribution in [3.8, 4) is 0 Å². The van der Waals surface area contributed by atoms with Crippen molar-refractivity contribution >= 4 is 5.43 Å². The monoisotopic (exact) mass is 362 g/mol. The van der Waals surface area contributed by atoms with Gasteiger partial charge in [-0.3, -0.25) is 0 Å². The second-order valence-electron chi connectivity index (χ2n) is 5.30. The summed E-state index contributed by atoms with van der Waals surface area (Å²) in [6, 6.07) is 13.1. The molecule has 0 unspecified atom stereocenters. The quantitative estimate of drug-likeness (QED) is 0.499.